The molecule has 0 aliphatic rings. The van der Waals surface area contributed by atoms with Crippen LogP contribution in [0.25, 0.3) is 33.4 Å². The Balaban J connectivity index is 1.47. The number of imidazole rings is 1. The fourth-order valence-electron chi connectivity index (χ4n) is 4.36. The molecule has 0 bridgehead atoms. The van der Waals surface area contributed by atoms with Gasteiger partial charge in [-0.2, -0.15) is 0 Å². The minimum absolute atomic E-state index is 0.228. The zero-order valence-corrected chi connectivity index (χ0v) is 20.5. The molecule has 1 atom stereocenters. The Hall–Kier alpha value is -4.76. The molecule has 0 aliphatic heterocycles. The number of amides is 2. The predicted octanol–water partition coefficient (Wildman–Crippen LogP) is 4.32. The molecule has 0 fully saturated rings. The summed E-state index contributed by atoms with van der Waals surface area (Å²) in [6.45, 7) is -0.228. The van der Waals surface area contributed by atoms with Crippen LogP contribution < -0.4 is 10.6 Å². The summed E-state index contributed by atoms with van der Waals surface area (Å²) in [7, 11) is 1.54. The van der Waals surface area contributed by atoms with Gasteiger partial charge in [-0.1, -0.05) is 18.2 Å². The zero-order valence-electron chi connectivity index (χ0n) is 20.5. The van der Waals surface area contributed by atoms with Crippen molar-refractivity contribution in [2.75, 3.05) is 13.7 Å². The molecule has 0 radical (unpaired) electrons. The number of fused-ring (bicyclic) bond motifs is 1. The summed E-state index contributed by atoms with van der Waals surface area (Å²) in [5.74, 6) is -0.698. The molecule has 3 aromatic carbocycles. The van der Waals surface area contributed by atoms with Gasteiger partial charge in [0, 0.05) is 36.2 Å². The van der Waals surface area contributed by atoms with Crippen LogP contribution in [0.5, 0.6) is 0 Å². The lowest BCUT2D eigenvalue weighted by atomic mass is 9.98. The third-order valence-corrected chi connectivity index (χ3v) is 6.27. The fourth-order valence-corrected chi connectivity index (χ4v) is 4.36. The Morgan fingerprint density at radius 3 is 2.50 bits per heavy atom. The van der Waals surface area contributed by atoms with Gasteiger partial charge < -0.3 is 25.1 Å². The monoisotopic (exact) mass is 512 g/mol. The lowest BCUT2D eigenvalue weighted by Gasteiger charge is -2.15. The van der Waals surface area contributed by atoms with Crippen LogP contribution in [0.15, 0.2) is 83.7 Å². The molecular weight excluding hydrogens is 487 g/mol. The van der Waals surface area contributed by atoms with Crippen molar-refractivity contribution in [2.45, 2.75) is 12.5 Å². The van der Waals surface area contributed by atoms with Crippen molar-refractivity contribution in [1.82, 2.24) is 20.6 Å². The number of aliphatic hydroxyl groups excluding tert-OH is 1. The van der Waals surface area contributed by atoms with E-state index in [2.05, 4.69) is 20.6 Å². The number of carbonyl (C=O) groups excluding carboxylic acids is 2. The molecule has 192 valence electrons. The first-order chi connectivity index (χ1) is 18.5. The topological polar surface area (TPSA) is 120 Å². The highest BCUT2D eigenvalue weighted by Gasteiger charge is 2.22. The standard InChI is InChI=1S/C29H25FN4O4/c1-31-29(37)26-24-12-19(7-10-25(24)38-27(26)17-5-8-21(30)9-6-17)18-3-2-4-20(11-18)28(36)34-23(15-35)13-22-14-32-16-33-22/h2-12,14,16,23,35H,13,15H2,1H3,(H,31,37)(H,32,33)(H,34,36). The highest BCUT2D eigenvalue weighted by atomic mass is 19.1. The van der Waals surface area contributed by atoms with E-state index in [0.29, 0.717) is 39.8 Å². The molecule has 9 heteroatoms. The van der Waals surface area contributed by atoms with Crippen molar-refractivity contribution >= 4 is 22.8 Å². The average molecular weight is 513 g/mol. The summed E-state index contributed by atoms with van der Waals surface area (Å²) in [4.78, 5) is 32.8. The number of aromatic nitrogens is 2. The lowest BCUT2D eigenvalue weighted by Crippen LogP contribution is -2.39. The number of nitrogens with zero attached hydrogens (tertiary/aromatic N) is 1. The molecule has 2 aromatic heterocycles. The van der Waals surface area contributed by atoms with Gasteiger partial charge in [0.05, 0.1) is 30.2 Å². The summed E-state index contributed by atoms with van der Waals surface area (Å²) < 4.78 is 19.5. The van der Waals surface area contributed by atoms with Gasteiger partial charge in [0.25, 0.3) is 11.8 Å². The third-order valence-electron chi connectivity index (χ3n) is 6.27. The van der Waals surface area contributed by atoms with Crippen LogP contribution in [0, 0.1) is 5.82 Å². The summed E-state index contributed by atoms with van der Waals surface area (Å²) >= 11 is 0. The van der Waals surface area contributed by atoms with Crippen molar-refractivity contribution in [3.8, 4) is 22.5 Å². The van der Waals surface area contributed by atoms with Crippen LogP contribution in [0.4, 0.5) is 4.39 Å². The molecule has 0 spiro atoms. The van der Waals surface area contributed by atoms with Crippen LogP contribution in [0.2, 0.25) is 0 Å². The predicted molar refractivity (Wildman–Crippen MR) is 141 cm³/mol. The Morgan fingerprint density at radius 1 is 1.03 bits per heavy atom. The molecule has 38 heavy (non-hydrogen) atoms. The number of nitrogens with one attached hydrogen (secondary N) is 3. The number of carbonyl (C=O) groups is 2. The summed E-state index contributed by atoms with van der Waals surface area (Å²) in [5.41, 5.74) is 4.12. The highest BCUT2D eigenvalue weighted by Crippen LogP contribution is 2.36. The maximum absolute atomic E-state index is 13.5. The Bertz CT molecular complexity index is 1590. The van der Waals surface area contributed by atoms with Gasteiger partial charge in [-0.05, 0) is 59.7 Å². The molecule has 0 saturated heterocycles. The van der Waals surface area contributed by atoms with Crippen molar-refractivity contribution < 1.29 is 23.5 Å². The molecule has 8 nitrogen and oxygen atoms in total. The molecule has 1 unspecified atom stereocenters. The van der Waals surface area contributed by atoms with Crippen molar-refractivity contribution in [3.63, 3.8) is 0 Å². The molecular formula is C29H25FN4O4. The van der Waals surface area contributed by atoms with Crippen molar-refractivity contribution in [2.24, 2.45) is 0 Å². The number of H-pyrrole nitrogens is 1. The second-order valence-corrected chi connectivity index (χ2v) is 8.80. The van der Waals surface area contributed by atoms with Gasteiger partial charge in [-0.3, -0.25) is 9.59 Å². The van der Waals surface area contributed by atoms with E-state index in [-0.39, 0.29) is 24.2 Å². The van der Waals surface area contributed by atoms with E-state index in [1.165, 1.54) is 19.2 Å². The van der Waals surface area contributed by atoms with Crippen molar-refractivity contribution in [3.05, 3.63) is 102 Å². The number of hydrogen-bond acceptors (Lipinski definition) is 5. The van der Waals surface area contributed by atoms with E-state index in [1.807, 2.05) is 18.2 Å². The third kappa shape index (κ3) is 5.05. The number of aromatic amines is 1. The molecule has 2 heterocycles. The number of furan rings is 1. The van der Waals surface area contributed by atoms with Crippen molar-refractivity contribution in [1.29, 1.82) is 0 Å². The normalized spacial score (nSPS) is 11.9. The van der Waals surface area contributed by atoms with E-state index in [1.54, 1.807) is 48.9 Å². The SMILES string of the molecule is CNC(=O)c1c(-c2ccc(F)cc2)oc2ccc(-c3cccc(C(=O)NC(CO)Cc4c[nH]cn4)c3)cc12. The smallest absolute Gasteiger partial charge is 0.255 e. The Labute approximate surface area is 217 Å². The van der Waals surface area contributed by atoms with Gasteiger partial charge in [0.1, 0.15) is 17.2 Å². The quantitative estimate of drug-likeness (QED) is 0.247. The zero-order chi connectivity index (χ0) is 26.6. The van der Waals surface area contributed by atoms with Crippen LogP contribution >= 0.6 is 0 Å². The molecule has 5 aromatic rings. The van der Waals surface area contributed by atoms with E-state index < -0.39 is 6.04 Å². The maximum Gasteiger partial charge on any atom is 0.255 e. The number of hydrogen-bond donors (Lipinski definition) is 4. The van der Waals surface area contributed by atoms with Crippen LogP contribution in [0.3, 0.4) is 0 Å². The summed E-state index contributed by atoms with van der Waals surface area (Å²) in [5, 5.41) is 15.8. The molecule has 0 aliphatic carbocycles. The first kappa shape index (κ1) is 24.9. The highest BCUT2D eigenvalue weighted by molar-refractivity contribution is 6.11. The number of rotatable bonds is 8. The fraction of sp³-hybridized carbons (Fsp3) is 0.138. The minimum Gasteiger partial charge on any atom is -0.455 e. The van der Waals surface area contributed by atoms with E-state index in [9.17, 15) is 19.1 Å². The first-order valence-corrected chi connectivity index (χ1v) is 12.0. The van der Waals surface area contributed by atoms with Crippen LogP contribution in [-0.2, 0) is 6.42 Å². The number of benzene rings is 3. The summed E-state index contributed by atoms with van der Waals surface area (Å²) in [6, 6.07) is 17.8. The second-order valence-electron chi connectivity index (χ2n) is 8.80. The second kappa shape index (κ2) is 10.7. The maximum atomic E-state index is 13.5. The van der Waals surface area contributed by atoms with E-state index >= 15 is 0 Å². The van der Waals surface area contributed by atoms with E-state index in [4.69, 9.17) is 4.42 Å². The van der Waals surface area contributed by atoms with Crippen LogP contribution in [-0.4, -0.2) is 46.6 Å². The molecule has 0 saturated carbocycles. The number of aliphatic hydroxyl groups is 1. The molecule has 5 rings (SSSR count). The summed E-state index contributed by atoms with van der Waals surface area (Å²) in [6.07, 6.45) is 3.65. The Morgan fingerprint density at radius 2 is 1.79 bits per heavy atom. The molecule has 2 amide bonds. The van der Waals surface area contributed by atoms with Gasteiger partial charge >= 0.3 is 0 Å². The largest absolute Gasteiger partial charge is 0.455 e. The first-order valence-electron chi connectivity index (χ1n) is 12.0. The minimum atomic E-state index is -0.489. The van der Waals surface area contributed by atoms with Gasteiger partial charge in [0.2, 0.25) is 0 Å². The molecule has 4 N–H and O–H groups in total. The van der Waals surface area contributed by atoms with Crippen LogP contribution in [0.1, 0.15) is 26.4 Å². The lowest BCUT2D eigenvalue weighted by molar-refractivity contribution is 0.0915. The van der Waals surface area contributed by atoms with Gasteiger partial charge in [0.15, 0.2) is 0 Å². The number of halogens is 1. The van der Waals surface area contributed by atoms with Gasteiger partial charge in [-0.15, -0.1) is 0 Å². The Kier molecular flexibility index (Phi) is 7.01. The van der Waals surface area contributed by atoms with E-state index in [0.717, 1.165) is 16.8 Å². The van der Waals surface area contributed by atoms with Gasteiger partial charge in [-0.25, -0.2) is 9.37 Å². The average Bonchev–Trinajstić information content (AvgIpc) is 3.60.